The fourth-order valence-electron chi connectivity index (χ4n) is 0.554. The Morgan fingerprint density at radius 1 is 1.44 bits per heavy atom. The van der Waals surface area contributed by atoms with Gasteiger partial charge in [-0.2, -0.15) is 0 Å². The lowest BCUT2D eigenvalue weighted by atomic mass is 10.3. The number of hydrogen-bond donors (Lipinski definition) is 0. The summed E-state index contributed by atoms with van der Waals surface area (Å²) >= 11 is 6.88. The maximum Gasteiger partial charge on any atom is 0.0478 e. The topological polar surface area (TPSA) is 0 Å². The first-order valence-electron chi connectivity index (χ1n) is 3.46. The van der Waals surface area contributed by atoms with Crippen LogP contribution in [0.4, 0.5) is 0 Å². The van der Waals surface area contributed by atoms with Crippen molar-refractivity contribution in [2.24, 2.45) is 0 Å². The highest BCUT2D eigenvalue weighted by Crippen LogP contribution is 2.09. The van der Waals surface area contributed by atoms with Gasteiger partial charge in [0.25, 0.3) is 0 Å². The Bertz CT molecular complexity index is 79.0. The number of unbranched alkanes of at least 4 members (excludes halogenated alkanes) is 1. The number of thioether (sulfide) groups is 1. The summed E-state index contributed by atoms with van der Waals surface area (Å²) in [4.78, 5) is 0. The normalized spacial score (nSPS) is 9.56. The molecule has 0 aromatic heterocycles. The Balaban J connectivity index is 3.06. The minimum Gasteiger partial charge on any atom is -0.119 e. The molecule has 0 fully saturated rings. The quantitative estimate of drug-likeness (QED) is 0.582. The second-order valence-electron chi connectivity index (χ2n) is 1.91. The molecule has 0 aromatic rings. The van der Waals surface area contributed by atoms with Crippen LogP contribution < -0.4 is 0 Å². The minimum atomic E-state index is 1.13. The van der Waals surface area contributed by atoms with Crippen molar-refractivity contribution >= 4 is 28.2 Å². The van der Waals surface area contributed by atoms with Crippen LogP contribution in [0.15, 0.2) is 0 Å². The van der Waals surface area contributed by atoms with E-state index in [0.29, 0.717) is 0 Å². The van der Waals surface area contributed by atoms with E-state index < -0.39 is 0 Å². The van der Waals surface area contributed by atoms with Crippen LogP contribution in [0, 0.1) is 0 Å². The summed E-state index contributed by atoms with van der Waals surface area (Å²) in [6, 6.07) is 0. The van der Waals surface area contributed by atoms with Crippen LogP contribution in [0.1, 0.15) is 33.1 Å². The van der Waals surface area contributed by atoms with Gasteiger partial charge in [0.15, 0.2) is 0 Å². The molecule has 0 bridgehead atoms. The number of thiocarbonyl (C=S) groups is 1. The molecule has 0 radical (unpaired) electrons. The predicted octanol–water partition coefficient (Wildman–Crippen LogP) is 3.26. The van der Waals surface area contributed by atoms with Gasteiger partial charge in [-0.3, -0.25) is 0 Å². The van der Waals surface area contributed by atoms with Gasteiger partial charge in [0.2, 0.25) is 0 Å². The Hall–Kier alpha value is 0.440. The molecule has 9 heavy (non-hydrogen) atoms. The maximum absolute atomic E-state index is 5.08. The van der Waals surface area contributed by atoms with Crippen LogP contribution in [0.5, 0.6) is 0 Å². The lowest BCUT2D eigenvalue weighted by molar-refractivity contribution is 0.845. The van der Waals surface area contributed by atoms with Gasteiger partial charge >= 0.3 is 0 Å². The summed E-state index contributed by atoms with van der Waals surface area (Å²) in [7, 11) is 0. The van der Waals surface area contributed by atoms with Crippen LogP contribution >= 0.6 is 24.0 Å². The van der Waals surface area contributed by atoms with Crippen LogP contribution in [0.25, 0.3) is 0 Å². The molecule has 0 aliphatic carbocycles. The second kappa shape index (κ2) is 6.56. The zero-order chi connectivity index (χ0) is 7.11. The number of hydrogen-bond acceptors (Lipinski definition) is 2. The highest BCUT2D eigenvalue weighted by Gasteiger charge is 1.92. The molecule has 0 saturated heterocycles. The molecule has 0 aliphatic rings. The molecule has 2 heteroatoms. The van der Waals surface area contributed by atoms with Crippen LogP contribution in [0.3, 0.4) is 0 Å². The van der Waals surface area contributed by atoms with Gasteiger partial charge in [-0.1, -0.05) is 32.5 Å². The maximum atomic E-state index is 5.08. The molecule has 0 amide bonds. The van der Waals surface area contributed by atoms with E-state index in [1.165, 1.54) is 17.0 Å². The van der Waals surface area contributed by atoms with E-state index in [-0.39, 0.29) is 0 Å². The molecule has 0 unspecified atom stereocenters. The largest absolute Gasteiger partial charge is 0.119 e. The molecule has 0 rings (SSSR count). The Morgan fingerprint density at radius 3 is 2.56 bits per heavy atom. The molecule has 0 heterocycles. The van der Waals surface area contributed by atoms with Gasteiger partial charge in [0.05, 0.1) is 0 Å². The van der Waals surface area contributed by atoms with Crippen LogP contribution in [-0.4, -0.2) is 9.95 Å². The van der Waals surface area contributed by atoms with E-state index >= 15 is 0 Å². The molecule has 0 aromatic carbocycles. The average Bonchev–Trinajstić information content (AvgIpc) is 1.85. The fraction of sp³-hybridized carbons (Fsp3) is 0.857. The smallest absolute Gasteiger partial charge is 0.0478 e. The third-order valence-corrected chi connectivity index (χ3v) is 2.41. The molecule has 0 saturated carbocycles. The molecular formula is C7H14S2. The van der Waals surface area contributed by atoms with Crippen molar-refractivity contribution in [3.8, 4) is 0 Å². The van der Waals surface area contributed by atoms with Crippen molar-refractivity contribution in [2.75, 3.05) is 5.75 Å². The van der Waals surface area contributed by atoms with Gasteiger partial charge < -0.3 is 0 Å². The summed E-state index contributed by atoms with van der Waals surface area (Å²) in [5.41, 5.74) is 0. The van der Waals surface area contributed by atoms with Gasteiger partial charge in [0.1, 0.15) is 0 Å². The molecule has 0 N–H and O–H groups in total. The Labute approximate surface area is 67.4 Å². The monoisotopic (exact) mass is 162 g/mol. The molecule has 0 aliphatic heterocycles. The van der Waals surface area contributed by atoms with E-state index in [2.05, 4.69) is 13.8 Å². The van der Waals surface area contributed by atoms with E-state index in [4.69, 9.17) is 12.2 Å². The SMILES string of the molecule is CCCCC(=S)SCC. The summed E-state index contributed by atoms with van der Waals surface area (Å²) in [5, 5.41) is 0. The highest BCUT2D eigenvalue weighted by molar-refractivity contribution is 8.23. The first-order chi connectivity index (χ1) is 4.31. The average molecular weight is 162 g/mol. The van der Waals surface area contributed by atoms with E-state index in [9.17, 15) is 0 Å². The van der Waals surface area contributed by atoms with Gasteiger partial charge in [-0.25, -0.2) is 0 Å². The third kappa shape index (κ3) is 6.32. The lowest BCUT2D eigenvalue weighted by Crippen LogP contribution is -1.87. The van der Waals surface area contributed by atoms with Crippen molar-refractivity contribution in [2.45, 2.75) is 33.1 Å². The van der Waals surface area contributed by atoms with Crippen molar-refractivity contribution in [3.05, 3.63) is 0 Å². The Morgan fingerprint density at radius 2 is 2.11 bits per heavy atom. The predicted molar refractivity (Wildman–Crippen MR) is 50.3 cm³/mol. The first kappa shape index (κ1) is 9.44. The Kier molecular flexibility index (Phi) is 6.88. The second-order valence-corrected chi connectivity index (χ2v) is 4.02. The molecule has 0 nitrogen and oxygen atoms in total. The number of rotatable bonds is 4. The standard InChI is InChI=1S/C7H14S2/c1-3-5-6-7(8)9-4-2/h3-6H2,1-2H3. The van der Waals surface area contributed by atoms with Gasteiger partial charge in [-0.15, -0.1) is 11.8 Å². The van der Waals surface area contributed by atoms with Gasteiger partial charge in [0, 0.05) is 4.20 Å². The molecular weight excluding hydrogens is 148 g/mol. The van der Waals surface area contributed by atoms with Crippen molar-refractivity contribution < 1.29 is 0 Å². The molecule has 54 valence electrons. The van der Waals surface area contributed by atoms with E-state index in [1.807, 2.05) is 0 Å². The molecule has 0 atom stereocenters. The highest BCUT2D eigenvalue weighted by atomic mass is 32.2. The zero-order valence-corrected chi connectivity index (χ0v) is 7.78. The minimum absolute atomic E-state index is 1.13. The molecule has 0 spiro atoms. The van der Waals surface area contributed by atoms with Crippen molar-refractivity contribution in [1.29, 1.82) is 0 Å². The van der Waals surface area contributed by atoms with Crippen LogP contribution in [-0.2, 0) is 0 Å². The zero-order valence-electron chi connectivity index (χ0n) is 6.14. The van der Waals surface area contributed by atoms with Crippen molar-refractivity contribution in [3.63, 3.8) is 0 Å². The lowest BCUT2D eigenvalue weighted by Gasteiger charge is -1.97. The summed E-state index contributed by atoms with van der Waals surface area (Å²) < 4.78 is 1.18. The summed E-state index contributed by atoms with van der Waals surface area (Å²) in [6.07, 6.45) is 3.64. The van der Waals surface area contributed by atoms with Gasteiger partial charge in [-0.05, 0) is 18.6 Å². The summed E-state index contributed by atoms with van der Waals surface area (Å²) in [6.45, 7) is 4.34. The van der Waals surface area contributed by atoms with Crippen LogP contribution in [0.2, 0.25) is 0 Å². The van der Waals surface area contributed by atoms with E-state index in [1.54, 1.807) is 11.8 Å². The summed E-state index contributed by atoms with van der Waals surface area (Å²) in [5.74, 6) is 1.13. The first-order valence-corrected chi connectivity index (χ1v) is 4.86. The third-order valence-electron chi connectivity index (χ3n) is 1.04. The van der Waals surface area contributed by atoms with E-state index in [0.717, 1.165) is 12.2 Å². The van der Waals surface area contributed by atoms with Crippen molar-refractivity contribution in [1.82, 2.24) is 0 Å². The fourth-order valence-corrected chi connectivity index (χ4v) is 1.66.